The van der Waals surface area contributed by atoms with E-state index in [1.54, 1.807) is 7.05 Å². The molecule has 8 heteroatoms. The lowest BCUT2D eigenvalue weighted by atomic mass is 9.88. The van der Waals surface area contributed by atoms with Crippen LogP contribution < -0.4 is 10.6 Å². The average Bonchev–Trinajstić information content (AvgIpc) is 3.13. The number of hydrogen-bond acceptors (Lipinski definition) is 4. The summed E-state index contributed by atoms with van der Waals surface area (Å²) in [6.07, 6.45) is 7.81. The van der Waals surface area contributed by atoms with E-state index in [1.165, 1.54) is 19.3 Å². The number of nitrogens with one attached hydrogen (secondary N) is 2. The maximum Gasteiger partial charge on any atom is 0.305 e. The molecule has 1 unspecified atom stereocenters. The molecule has 0 radical (unpaired) electrons. The van der Waals surface area contributed by atoms with E-state index in [0.29, 0.717) is 31.9 Å². The van der Waals surface area contributed by atoms with E-state index in [1.807, 2.05) is 11.8 Å². The van der Waals surface area contributed by atoms with Crippen LogP contribution in [0.5, 0.6) is 0 Å². The Morgan fingerprint density at radius 2 is 1.93 bits per heavy atom. The minimum absolute atomic E-state index is 0. The van der Waals surface area contributed by atoms with Gasteiger partial charge >= 0.3 is 5.97 Å². The first-order valence-corrected chi connectivity index (χ1v) is 10.1. The van der Waals surface area contributed by atoms with Gasteiger partial charge in [0.05, 0.1) is 6.61 Å². The van der Waals surface area contributed by atoms with Crippen molar-refractivity contribution in [3.63, 3.8) is 0 Å². The fourth-order valence-corrected chi connectivity index (χ4v) is 3.75. The van der Waals surface area contributed by atoms with E-state index in [9.17, 15) is 9.59 Å². The van der Waals surface area contributed by atoms with Crippen LogP contribution in [0.15, 0.2) is 4.99 Å². The van der Waals surface area contributed by atoms with Gasteiger partial charge in [0, 0.05) is 45.1 Å². The van der Waals surface area contributed by atoms with Crippen molar-refractivity contribution in [1.29, 1.82) is 0 Å². The van der Waals surface area contributed by atoms with Crippen molar-refractivity contribution in [2.75, 3.05) is 33.3 Å². The Labute approximate surface area is 180 Å². The summed E-state index contributed by atoms with van der Waals surface area (Å²) >= 11 is 0. The highest BCUT2D eigenvalue weighted by Gasteiger charge is 2.31. The molecular formula is C19H35IN4O3. The van der Waals surface area contributed by atoms with Crippen LogP contribution >= 0.6 is 24.0 Å². The Kier molecular flexibility index (Phi) is 11.7. The maximum atomic E-state index is 12.6. The number of halogens is 1. The molecule has 1 saturated carbocycles. The van der Waals surface area contributed by atoms with Gasteiger partial charge in [0.25, 0.3) is 0 Å². The molecule has 1 aliphatic heterocycles. The molecule has 2 aliphatic rings. The summed E-state index contributed by atoms with van der Waals surface area (Å²) in [5.74, 6) is 1.14. The number of carbonyl (C=O) groups is 2. The lowest BCUT2D eigenvalue weighted by molar-refractivity contribution is -0.143. The Bertz CT molecular complexity index is 495. The van der Waals surface area contributed by atoms with Crippen molar-refractivity contribution < 1.29 is 14.3 Å². The average molecular weight is 494 g/mol. The van der Waals surface area contributed by atoms with Gasteiger partial charge in [-0.1, -0.05) is 19.3 Å². The zero-order chi connectivity index (χ0) is 18.8. The number of carbonyl (C=O) groups excluding carboxylic acids is 2. The lowest BCUT2D eigenvalue weighted by Crippen LogP contribution is -2.45. The van der Waals surface area contributed by atoms with E-state index >= 15 is 0 Å². The Morgan fingerprint density at radius 1 is 1.19 bits per heavy atom. The zero-order valence-electron chi connectivity index (χ0n) is 16.7. The molecule has 0 aromatic rings. The summed E-state index contributed by atoms with van der Waals surface area (Å²) < 4.78 is 4.92. The second-order valence-electron chi connectivity index (χ2n) is 7.16. The molecule has 27 heavy (non-hydrogen) atoms. The minimum Gasteiger partial charge on any atom is -0.466 e. The SMILES string of the molecule is CCOC(=O)CCCNC(=NC)NC1CCN(C(=O)C2CCCCC2)C1.I. The smallest absolute Gasteiger partial charge is 0.305 e. The fourth-order valence-electron chi connectivity index (χ4n) is 3.75. The van der Waals surface area contributed by atoms with E-state index in [4.69, 9.17) is 4.74 Å². The minimum atomic E-state index is -0.162. The third-order valence-electron chi connectivity index (χ3n) is 5.17. The van der Waals surface area contributed by atoms with Crippen LogP contribution in [-0.4, -0.2) is 62.1 Å². The predicted molar refractivity (Wildman–Crippen MR) is 117 cm³/mol. The first-order chi connectivity index (χ1) is 12.6. The molecule has 1 aliphatic carbocycles. The second-order valence-corrected chi connectivity index (χ2v) is 7.16. The van der Waals surface area contributed by atoms with Crippen molar-refractivity contribution >= 4 is 41.8 Å². The van der Waals surface area contributed by atoms with Crippen molar-refractivity contribution in [3.05, 3.63) is 0 Å². The van der Waals surface area contributed by atoms with E-state index in [-0.39, 0.29) is 41.9 Å². The standard InChI is InChI=1S/C19H34N4O3.HI/c1-3-26-17(24)10-7-12-21-19(20-2)22-16-11-13-23(14-16)18(25)15-8-5-4-6-9-15;/h15-16H,3-14H2,1-2H3,(H2,20,21,22);1H. The van der Waals surface area contributed by atoms with Crippen molar-refractivity contribution in [2.45, 2.75) is 64.3 Å². The van der Waals surface area contributed by atoms with E-state index in [2.05, 4.69) is 15.6 Å². The molecule has 156 valence electrons. The number of nitrogens with zero attached hydrogens (tertiary/aromatic N) is 2. The van der Waals surface area contributed by atoms with Gasteiger partial charge in [-0.05, 0) is 32.6 Å². The zero-order valence-corrected chi connectivity index (χ0v) is 19.0. The summed E-state index contributed by atoms with van der Waals surface area (Å²) in [6, 6.07) is 0.235. The molecule has 2 N–H and O–H groups in total. The van der Waals surface area contributed by atoms with Crippen LogP contribution in [0.25, 0.3) is 0 Å². The molecule has 0 aromatic heterocycles. The molecule has 0 bridgehead atoms. The molecule has 1 amide bonds. The van der Waals surface area contributed by atoms with Crippen LogP contribution in [0.3, 0.4) is 0 Å². The molecule has 2 fully saturated rings. The van der Waals surface area contributed by atoms with Crippen LogP contribution in [0.1, 0.15) is 58.3 Å². The molecule has 0 spiro atoms. The fraction of sp³-hybridized carbons (Fsp3) is 0.842. The third kappa shape index (κ3) is 8.23. The van der Waals surface area contributed by atoms with Crippen molar-refractivity contribution in [3.8, 4) is 0 Å². The van der Waals surface area contributed by atoms with Gasteiger partial charge < -0.3 is 20.3 Å². The van der Waals surface area contributed by atoms with E-state index in [0.717, 1.165) is 38.3 Å². The van der Waals surface area contributed by atoms with Crippen molar-refractivity contribution in [2.24, 2.45) is 10.9 Å². The van der Waals surface area contributed by atoms with Gasteiger partial charge in [0.1, 0.15) is 0 Å². The highest BCUT2D eigenvalue weighted by molar-refractivity contribution is 14.0. The molecule has 7 nitrogen and oxygen atoms in total. The number of aliphatic imine (C=N–C) groups is 1. The van der Waals surface area contributed by atoms with Crippen LogP contribution in [0, 0.1) is 5.92 Å². The van der Waals surface area contributed by atoms with Gasteiger partial charge in [-0.25, -0.2) is 0 Å². The number of guanidine groups is 1. The normalized spacial score (nSPS) is 20.7. The largest absolute Gasteiger partial charge is 0.466 e. The monoisotopic (exact) mass is 494 g/mol. The number of likely N-dealkylation sites (tertiary alicyclic amines) is 1. The van der Waals surface area contributed by atoms with Crippen LogP contribution in [-0.2, 0) is 14.3 Å². The summed E-state index contributed by atoms with van der Waals surface area (Å²) in [5.41, 5.74) is 0. The predicted octanol–water partition coefficient (Wildman–Crippen LogP) is 2.29. The number of esters is 1. The second kappa shape index (κ2) is 13.2. The lowest BCUT2D eigenvalue weighted by Gasteiger charge is -2.26. The first kappa shape index (κ1) is 24.0. The topological polar surface area (TPSA) is 83.0 Å². The van der Waals surface area contributed by atoms with Gasteiger partial charge in [-0.2, -0.15) is 0 Å². The highest BCUT2D eigenvalue weighted by Crippen LogP contribution is 2.26. The summed E-state index contributed by atoms with van der Waals surface area (Å²) in [4.78, 5) is 30.2. The Balaban J connectivity index is 0.00000364. The molecule has 0 aromatic carbocycles. The third-order valence-corrected chi connectivity index (χ3v) is 5.17. The molecular weight excluding hydrogens is 459 g/mol. The van der Waals surface area contributed by atoms with Crippen molar-refractivity contribution in [1.82, 2.24) is 15.5 Å². The Morgan fingerprint density at radius 3 is 2.59 bits per heavy atom. The summed E-state index contributed by atoms with van der Waals surface area (Å²) in [7, 11) is 1.74. The van der Waals surface area contributed by atoms with Gasteiger partial charge in [0.15, 0.2) is 5.96 Å². The molecule has 1 saturated heterocycles. The molecule has 2 rings (SSSR count). The van der Waals surface area contributed by atoms with Gasteiger partial charge in [-0.15, -0.1) is 24.0 Å². The highest BCUT2D eigenvalue weighted by atomic mass is 127. The number of ether oxygens (including phenoxy) is 1. The Hall–Kier alpha value is -1.06. The quantitative estimate of drug-likeness (QED) is 0.187. The van der Waals surface area contributed by atoms with Gasteiger partial charge in [0.2, 0.25) is 5.91 Å². The van der Waals surface area contributed by atoms with Crippen LogP contribution in [0.4, 0.5) is 0 Å². The van der Waals surface area contributed by atoms with Crippen LogP contribution in [0.2, 0.25) is 0 Å². The first-order valence-electron chi connectivity index (χ1n) is 10.1. The maximum absolute atomic E-state index is 12.6. The number of hydrogen-bond donors (Lipinski definition) is 2. The number of rotatable bonds is 7. The molecule has 1 atom stereocenters. The van der Waals surface area contributed by atoms with E-state index < -0.39 is 0 Å². The van der Waals surface area contributed by atoms with Gasteiger partial charge in [-0.3, -0.25) is 14.6 Å². The molecule has 1 heterocycles. The summed E-state index contributed by atoms with van der Waals surface area (Å²) in [5, 5.41) is 6.62. The number of amides is 1. The summed E-state index contributed by atoms with van der Waals surface area (Å²) in [6.45, 7) is 4.47.